The molecule has 0 spiro atoms. The van der Waals surface area contributed by atoms with Crippen molar-refractivity contribution in [2.75, 3.05) is 13.2 Å². The lowest BCUT2D eigenvalue weighted by Crippen LogP contribution is -2.45. The van der Waals surface area contributed by atoms with Gasteiger partial charge in [-0.05, 0) is 61.4 Å². The number of benzene rings is 2. The van der Waals surface area contributed by atoms with Gasteiger partial charge >= 0.3 is 0 Å². The van der Waals surface area contributed by atoms with E-state index >= 15 is 0 Å². The topological polar surface area (TPSA) is 78.8 Å². The van der Waals surface area contributed by atoms with Crippen LogP contribution in [-0.2, 0) is 11.3 Å². The van der Waals surface area contributed by atoms with Crippen molar-refractivity contribution < 1.29 is 19.7 Å². The molecule has 3 N–H and O–H groups in total. The Bertz CT molecular complexity index is 722. The van der Waals surface area contributed by atoms with Crippen LogP contribution >= 0.6 is 0 Å². The van der Waals surface area contributed by atoms with E-state index in [-0.39, 0.29) is 18.2 Å². The molecule has 3 rings (SSSR count). The van der Waals surface area contributed by atoms with Crippen molar-refractivity contribution in [2.24, 2.45) is 5.92 Å². The van der Waals surface area contributed by atoms with Gasteiger partial charge in [0.1, 0.15) is 5.75 Å². The van der Waals surface area contributed by atoms with Gasteiger partial charge in [-0.25, -0.2) is 0 Å². The van der Waals surface area contributed by atoms with Gasteiger partial charge in [-0.15, -0.1) is 0 Å². The number of hydrogen-bond acceptors (Lipinski definition) is 4. The number of carbonyl (C=O) groups is 1. The number of nitrogens with one attached hydrogen (secondary N) is 1. The molecule has 144 valence electrons. The van der Waals surface area contributed by atoms with Crippen molar-refractivity contribution in [2.45, 2.75) is 37.9 Å². The summed E-state index contributed by atoms with van der Waals surface area (Å²) in [5.74, 6) is 0.330. The molecular weight excluding hydrogens is 342 g/mol. The number of ether oxygens (including phenoxy) is 1. The number of amides is 1. The Balaban J connectivity index is 1.38. The number of phenolic OH excluding ortho intramolecular Hbond substituents is 1. The molecule has 0 heterocycles. The highest BCUT2D eigenvalue weighted by Gasteiger charge is 2.33. The maximum absolute atomic E-state index is 12.2. The van der Waals surface area contributed by atoms with Crippen molar-refractivity contribution in [3.8, 4) is 5.75 Å². The molecular formula is C22H27NO4. The van der Waals surface area contributed by atoms with E-state index in [0.29, 0.717) is 37.5 Å². The Morgan fingerprint density at radius 2 is 1.74 bits per heavy atom. The van der Waals surface area contributed by atoms with Crippen LogP contribution in [0.4, 0.5) is 0 Å². The summed E-state index contributed by atoms with van der Waals surface area (Å²) in [6.45, 7) is 1.55. The zero-order valence-electron chi connectivity index (χ0n) is 15.4. The van der Waals surface area contributed by atoms with Gasteiger partial charge in [0.05, 0.1) is 12.2 Å². The molecule has 2 aromatic carbocycles. The molecule has 5 nitrogen and oxygen atoms in total. The number of aliphatic hydroxyl groups is 1. The second-order valence-electron chi connectivity index (χ2n) is 7.40. The molecule has 1 fully saturated rings. The quantitative estimate of drug-likeness (QED) is 0.700. The van der Waals surface area contributed by atoms with Crippen molar-refractivity contribution >= 4 is 5.91 Å². The van der Waals surface area contributed by atoms with Crippen LogP contribution in [0.2, 0.25) is 0 Å². The lowest BCUT2D eigenvalue weighted by Gasteiger charge is -2.36. The maximum Gasteiger partial charge on any atom is 0.251 e. The third-order valence-electron chi connectivity index (χ3n) is 5.21. The minimum Gasteiger partial charge on any atom is -0.508 e. The van der Waals surface area contributed by atoms with Gasteiger partial charge in [0, 0.05) is 18.7 Å². The largest absolute Gasteiger partial charge is 0.508 e. The van der Waals surface area contributed by atoms with Crippen molar-refractivity contribution in [3.63, 3.8) is 0 Å². The molecule has 27 heavy (non-hydrogen) atoms. The minimum atomic E-state index is -0.859. The van der Waals surface area contributed by atoms with Crippen LogP contribution in [0.15, 0.2) is 54.6 Å². The number of carbonyl (C=O) groups excluding carboxylic acids is 1. The molecule has 5 heteroatoms. The fraction of sp³-hybridized carbons (Fsp3) is 0.409. The van der Waals surface area contributed by atoms with Gasteiger partial charge < -0.3 is 20.3 Å². The van der Waals surface area contributed by atoms with Gasteiger partial charge in [0.25, 0.3) is 5.91 Å². The molecule has 0 saturated heterocycles. The van der Waals surface area contributed by atoms with Crippen molar-refractivity contribution in [1.82, 2.24) is 5.32 Å². The first-order valence-electron chi connectivity index (χ1n) is 9.45. The summed E-state index contributed by atoms with van der Waals surface area (Å²) in [5, 5.41) is 22.8. The first-order valence-corrected chi connectivity index (χ1v) is 9.45. The molecule has 0 radical (unpaired) electrons. The van der Waals surface area contributed by atoms with Crippen LogP contribution in [-0.4, -0.2) is 34.9 Å². The Morgan fingerprint density at radius 3 is 2.41 bits per heavy atom. The lowest BCUT2D eigenvalue weighted by molar-refractivity contribution is -0.0238. The summed E-state index contributed by atoms with van der Waals surface area (Å²) in [5.41, 5.74) is 0.781. The van der Waals surface area contributed by atoms with E-state index < -0.39 is 5.60 Å². The fourth-order valence-corrected chi connectivity index (χ4v) is 3.44. The minimum absolute atomic E-state index is 0.123. The molecule has 1 amide bonds. The molecule has 0 bridgehead atoms. The first-order chi connectivity index (χ1) is 13.0. The van der Waals surface area contributed by atoms with Crippen molar-refractivity contribution in [1.29, 1.82) is 0 Å². The van der Waals surface area contributed by atoms with E-state index in [9.17, 15) is 15.0 Å². The molecule has 0 atom stereocenters. The van der Waals surface area contributed by atoms with Crippen LogP contribution in [0.1, 0.15) is 41.6 Å². The third-order valence-corrected chi connectivity index (χ3v) is 5.21. The highest BCUT2D eigenvalue weighted by molar-refractivity contribution is 5.94. The number of aromatic hydroxyl groups is 1. The van der Waals surface area contributed by atoms with E-state index in [2.05, 4.69) is 17.4 Å². The zero-order chi connectivity index (χ0) is 19.1. The van der Waals surface area contributed by atoms with E-state index in [1.165, 1.54) is 17.7 Å². The van der Waals surface area contributed by atoms with E-state index in [1.807, 2.05) is 18.2 Å². The van der Waals surface area contributed by atoms with Crippen LogP contribution in [0.3, 0.4) is 0 Å². The summed E-state index contributed by atoms with van der Waals surface area (Å²) < 4.78 is 5.82. The highest BCUT2D eigenvalue weighted by atomic mass is 16.5. The standard InChI is InChI=1S/C22H27NO4/c24-20-8-6-19(7-9-20)21(25)23-16-22(26)12-10-18(11-13-22)15-27-14-17-4-2-1-3-5-17/h1-9,18,24,26H,10-16H2,(H,23,25)/t18-,22+. The Kier molecular flexibility index (Phi) is 6.48. The van der Waals surface area contributed by atoms with Crippen molar-refractivity contribution in [3.05, 3.63) is 65.7 Å². The van der Waals surface area contributed by atoms with Crippen LogP contribution in [0, 0.1) is 5.92 Å². The molecule has 0 aliphatic heterocycles. The van der Waals surface area contributed by atoms with Crippen LogP contribution in [0.25, 0.3) is 0 Å². The predicted octanol–water partition coefficient (Wildman–Crippen LogP) is 3.26. The summed E-state index contributed by atoms with van der Waals surface area (Å²) >= 11 is 0. The van der Waals surface area contributed by atoms with Gasteiger partial charge in [0.2, 0.25) is 0 Å². The average Bonchev–Trinajstić information content (AvgIpc) is 2.69. The van der Waals surface area contributed by atoms with E-state index in [4.69, 9.17) is 4.74 Å². The third kappa shape index (κ3) is 5.81. The number of phenols is 1. The van der Waals surface area contributed by atoms with E-state index in [1.54, 1.807) is 12.1 Å². The van der Waals surface area contributed by atoms with E-state index in [0.717, 1.165) is 12.8 Å². The van der Waals surface area contributed by atoms with Gasteiger partial charge in [-0.2, -0.15) is 0 Å². The normalized spacial score (nSPS) is 22.3. The highest BCUT2D eigenvalue weighted by Crippen LogP contribution is 2.32. The van der Waals surface area contributed by atoms with Gasteiger partial charge in [0.15, 0.2) is 0 Å². The predicted molar refractivity (Wildman–Crippen MR) is 103 cm³/mol. The van der Waals surface area contributed by atoms with Gasteiger partial charge in [-0.1, -0.05) is 30.3 Å². The van der Waals surface area contributed by atoms with Crippen LogP contribution < -0.4 is 5.32 Å². The molecule has 2 aromatic rings. The molecule has 1 saturated carbocycles. The smallest absolute Gasteiger partial charge is 0.251 e. The van der Waals surface area contributed by atoms with Crippen LogP contribution in [0.5, 0.6) is 5.75 Å². The number of rotatable bonds is 7. The summed E-state index contributed by atoms with van der Waals surface area (Å²) in [6.07, 6.45) is 3.09. The number of hydrogen-bond donors (Lipinski definition) is 3. The Hall–Kier alpha value is -2.37. The first kappa shape index (κ1) is 19.4. The molecule has 0 unspecified atom stereocenters. The molecule has 1 aliphatic carbocycles. The Morgan fingerprint density at radius 1 is 1.07 bits per heavy atom. The van der Waals surface area contributed by atoms with Gasteiger partial charge in [-0.3, -0.25) is 4.79 Å². The maximum atomic E-state index is 12.2. The summed E-state index contributed by atoms with van der Waals surface area (Å²) in [6, 6.07) is 16.2. The second kappa shape index (κ2) is 9.02. The fourth-order valence-electron chi connectivity index (χ4n) is 3.44. The summed E-state index contributed by atoms with van der Waals surface area (Å²) in [4.78, 5) is 12.2. The second-order valence-corrected chi connectivity index (χ2v) is 7.40. The summed E-state index contributed by atoms with van der Waals surface area (Å²) in [7, 11) is 0. The molecule has 1 aliphatic rings. The Labute approximate surface area is 160 Å². The monoisotopic (exact) mass is 369 g/mol. The average molecular weight is 369 g/mol. The molecule has 0 aromatic heterocycles. The SMILES string of the molecule is O=C(NC[C@]1(O)CC[C@@H](COCc2ccccc2)CC1)c1ccc(O)cc1. The lowest BCUT2D eigenvalue weighted by atomic mass is 9.79. The zero-order valence-corrected chi connectivity index (χ0v) is 15.4.